The Hall–Kier alpha value is -1.34. The summed E-state index contributed by atoms with van der Waals surface area (Å²) in [6.07, 6.45) is 0.458. The van der Waals surface area contributed by atoms with E-state index in [-0.39, 0.29) is 28.5 Å². The van der Waals surface area contributed by atoms with Crippen LogP contribution in [-0.2, 0) is 14.6 Å². The normalized spacial score (nSPS) is 21.4. The van der Waals surface area contributed by atoms with Crippen LogP contribution in [0.3, 0.4) is 0 Å². The number of sulfone groups is 1. The van der Waals surface area contributed by atoms with Gasteiger partial charge in [-0.3, -0.25) is 4.79 Å². The van der Waals surface area contributed by atoms with Gasteiger partial charge in [-0.1, -0.05) is 11.6 Å². The molecule has 0 aromatic heterocycles. The van der Waals surface area contributed by atoms with Crippen molar-refractivity contribution in [3.8, 4) is 0 Å². The van der Waals surface area contributed by atoms with Crippen molar-refractivity contribution < 1.29 is 17.6 Å². The molecule has 122 valence electrons. The van der Waals surface area contributed by atoms with Crippen LogP contribution in [-0.4, -0.2) is 49.9 Å². The molecule has 2 atom stereocenters. The average molecular weight is 349 g/mol. The minimum atomic E-state index is -3.04. The van der Waals surface area contributed by atoms with Crippen molar-refractivity contribution in [3.05, 3.63) is 29.0 Å². The molecule has 1 aliphatic rings. The largest absolute Gasteiger partial charge is 0.374 e. The number of carbonyl (C=O) groups excluding carboxylic acids is 1. The van der Waals surface area contributed by atoms with Crippen molar-refractivity contribution in [3.63, 3.8) is 0 Å². The molecular weight excluding hydrogens is 331 g/mol. The predicted octanol–water partition coefficient (Wildman–Crippen LogP) is 1.92. The van der Waals surface area contributed by atoms with E-state index in [2.05, 4.69) is 5.32 Å². The number of hydrogen-bond acceptors (Lipinski definition) is 4. The average Bonchev–Trinajstić information content (AvgIpc) is 2.81. The first kappa shape index (κ1) is 17.0. The van der Waals surface area contributed by atoms with E-state index < -0.39 is 21.7 Å². The van der Waals surface area contributed by atoms with Gasteiger partial charge < -0.3 is 10.2 Å². The Labute approximate surface area is 134 Å². The lowest BCUT2D eigenvalue weighted by Gasteiger charge is -2.27. The smallest absolute Gasteiger partial charge is 0.244 e. The number of rotatable bonds is 4. The molecule has 0 aliphatic carbocycles. The molecule has 5 nitrogen and oxygen atoms in total. The number of halogens is 2. The fourth-order valence-corrected chi connectivity index (χ4v) is 4.42. The van der Waals surface area contributed by atoms with Gasteiger partial charge in [-0.2, -0.15) is 0 Å². The molecule has 1 heterocycles. The quantitative estimate of drug-likeness (QED) is 0.902. The summed E-state index contributed by atoms with van der Waals surface area (Å²) in [5, 5.41) is 2.92. The van der Waals surface area contributed by atoms with E-state index in [1.807, 2.05) is 0 Å². The molecule has 1 saturated heterocycles. The van der Waals surface area contributed by atoms with Crippen molar-refractivity contribution >= 4 is 33.0 Å². The first-order valence-corrected chi connectivity index (χ1v) is 9.08. The second kappa shape index (κ2) is 6.42. The molecule has 1 aliphatic heterocycles. The van der Waals surface area contributed by atoms with E-state index >= 15 is 0 Å². The Morgan fingerprint density at radius 3 is 2.73 bits per heavy atom. The maximum Gasteiger partial charge on any atom is 0.244 e. The molecule has 8 heteroatoms. The van der Waals surface area contributed by atoms with Gasteiger partial charge in [-0.25, -0.2) is 12.8 Å². The highest BCUT2D eigenvalue weighted by molar-refractivity contribution is 7.91. The standard InChI is InChI=1S/C14H18ClFN2O3S/c1-9(17-10-3-4-13(16)12(15)7-10)14(19)18(2)11-5-6-22(20,21)8-11/h3-4,7,9,11,17H,5-6,8H2,1-2H3/t9-,11+/m1/s1. The maximum absolute atomic E-state index is 13.1. The highest BCUT2D eigenvalue weighted by Crippen LogP contribution is 2.21. The lowest BCUT2D eigenvalue weighted by atomic mass is 10.2. The van der Waals surface area contributed by atoms with Crippen molar-refractivity contribution in [1.82, 2.24) is 4.90 Å². The summed E-state index contributed by atoms with van der Waals surface area (Å²) >= 11 is 5.70. The zero-order valence-electron chi connectivity index (χ0n) is 12.3. The number of nitrogens with one attached hydrogen (secondary N) is 1. The molecule has 1 fully saturated rings. The Balaban J connectivity index is 2.01. The van der Waals surface area contributed by atoms with Crippen LogP contribution in [0.25, 0.3) is 0 Å². The van der Waals surface area contributed by atoms with Gasteiger partial charge in [0, 0.05) is 18.8 Å². The minimum absolute atomic E-state index is 0.00430. The van der Waals surface area contributed by atoms with Gasteiger partial charge in [-0.15, -0.1) is 0 Å². The van der Waals surface area contributed by atoms with Crippen LogP contribution in [0.15, 0.2) is 18.2 Å². The molecule has 22 heavy (non-hydrogen) atoms. The van der Waals surface area contributed by atoms with E-state index in [0.717, 1.165) is 0 Å². The molecule has 0 saturated carbocycles. The van der Waals surface area contributed by atoms with Crippen molar-refractivity contribution in [2.24, 2.45) is 0 Å². The van der Waals surface area contributed by atoms with E-state index in [9.17, 15) is 17.6 Å². The van der Waals surface area contributed by atoms with Crippen LogP contribution in [0.2, 0.25) is 5.02 Å². The Morgan fingerprint density at radius 2 is 2.18 bits per heavy atom. The predicted molar refractivity (Wildman–Crippen MR) is 84.3 cm³/mol. The highest BCUT2D eigenvalue weighted by atomic mass is 35.5. The maximum atomic E-state index is 13.1. The number of anilines is 1. The van der Waals surface area contributed by atoms with Gasteiger partial charge in [0.05, 0.1) is 16.5 Å². The minimum Gasteiger partial charge on any atom is -0.374 e. The van der Waals surface area contributed by atoms with Gasteiger partial charge in [0.15, 0.2) is 9.84 Å². The Morgan fingerprint density at radius 1 is 1.50 bits per heavy atom. The summed E-state index contributed by atoms with van der Waals surface area (Å²) in [6.45, 7) is 1.67. The van der Waals surface area contributed by atoms with Crippen LogP contribution in [0.4, 0.5) is 10.1 Å². The lowest BCUT2D eigenvalue weighted by Crippen LogP contribution is -2.45. The van der Waals surface area contributed by atoms with E-state index in [1.165, 1.54) is 23.1 Å². The molecule has 1 aromatic carbocycles. The van der Waals surface area contributed by atoms with Gasteiger partial charge in [0.25, 0.3) is 0 Å². The Kier molecular flexibility index (Phi) is 4.97. The summed E-state index contributed by atoms with van der Waals surface area (Å²) in [5.74, 6) is -0.628. The van der Waals surface area contributed by atoms with E-state index in [4.69, 9.17) is 11.6 Å². The summed E-state index contributed by atoms with van der Waals surface area (Å²) in [6, 6.07) is 3.24. The van der Waals surface area contributed by atoms with Crippen LogP contribution >= 0.6 is 11.6 Å². The highest BCUT2D eigenvalue weighted by Gasteiger charge is 2.34. The SMILES string of the molecule is C[C@@H](Nc1ccc(F)c(Cl)c1)C(=O)N(C)[C@H]1CCS(=O)(=O)C1. The van der Waals surface area contributed by atoms with E-state index in [0.29, 0.717) is 12.1 Å². The molecule has 2 rings (SSSR count). The summed E-state index contributed by atoms with van der Waals surface area (Å²) in [7, 11) is -1.44. The molecule has 1 amide bonds. The number of amides is 1. The number of hydrogen-bond donors (Lipinski definition) is 1. The monoisotopic (exact) mass is 348 g/mol. The topological polar surface area (TPSA) is 66.5 Å². The van der Waals surface area contributed by atoms with Crippen LogP contribution in [0.1, 0.15) is 13.3 Å². The molecule has 0 bridgehead atoms. The summed E-state index contributed by atoms with van der Waals surface area (Å²) in [4.78, 5) is 13.8. The number of carbonyl (C=O) groups is 1. The third-order valence-electron chi connectivity index (χ3n) is 3.78. The summed E-state index contributed by atoms with van der Waals surface area (Å²) in [5.41, 5.74) is 0.527. The van der Waals surface area contributed by atoms with Crippen LogP contribution < -0.4 is 5.32 Å². The number of nitrogens with zero attached hydrogens (tertiary/aromatic N) is 1. The third-order valence-corrected chi connectivity index (χ3v) is 5.82. The van der Waals surface area contributed by atoms with Crippen molar-refractivity contribution in [2.45, 2.75) is 25.4 Å². The first-order valence-electron chi connectivity index (χ1n) is 6.88. The molecular formula is C14H18ClFN2O3S. The van der Waals surface area contributed by atoms with Crippen molar-refractivity contribution in [1.29, 1.82) is 0 Å². The molecule has 1 aromatic rings. The third kappa shape index (κ3) is 3.89. The lowest BCUT2D eigenvalue weighted by molar-refractivity contribution is -0.132. The van der Waals surface area contributed by atoms with Gasteiger partial charge >= 0.3 is 0 Å². The molecule has 0 spiro atoms. The first-order chi connectivity index (χ1) is 10.2. The Bertz CT molecular complexity index is 681. The van der Waals surface area contributed by atoms with Crippen LogP contribution in [0.5, 0.6) is 0 Å². The fourth-order valence-electron chi connectivity index (χ4n) is 2.46. The van der Waals surface area contributed by atoms with Gasteiger partial charge in [-0.05, 0) is 31.5 Å². The second-order valence-electron chi connectivity index (χ2n) is 5.50. The molecule has 0 radical (unpaired) electrons. The molecule has 1 N–H and O–H groups in total. The fraction of sp³-hybridized carbons (Fsp3) is 0.500. The number of likely N-dealkylation sites (N-methyl/N-ethyl adjacent to an activating group) is 1. The zero-order chi connectivity index (χ0) is 16.5. The van der Waals surface area contributed by atoms with Crippen molar-refractivity contribution in [2.75, 3.05) is 23.9 Å². The van der Waals surface area contributed by atoms with Crippen LogP contribution in [0, 0.1) is 5.82 Å². The summed E-state index contributed by atoms with van der Waals surface area (Å²) < 4.78 is 36.1. The second-order valence-corrected chi connectivity index (χ2v) is 8.14. The van der Waals surface area contributed by atoms with Gasteiger partial charge in [0.1, 0.15) is 11.9 Å². The van der Waals surface area contributed by atoms with E-state index in [1.54, 1.807) is 14.0 Å². The molecule has 0 unspecified atom stereocenters. The van der Waals surface area contributed by atoms with Gasteiger partial charge in [0.2, 0.25) is 5.91 Å². The zero-order valence-corrected chi connectivity index (χ0v) is 13.9. The number of benzene rings is 1.